The molecule has 1 saturated carbocycles. The standard InChI is InChI=1S/C22H23FN4O/c23-18-7-3-4-16-8-9-19(25-21(16)18)22-24-10-11-26(22)13-15-12-20(28)27(14-15)17-5-1-2-6-17/h3-4,7-11,15,17H,1-2,5-6,12-14H2. The van der Waals surface area contributed by atoms with Gasteiger partial charge in [-0.15, -0.1) is 0 Å². The number of imidazole rings is 1. The molecule has 1 aliphatic carbocycles. The van der Waals surface area contributed by atoms with E-state index >= 15 is 0 Å². The molecule has 0 N–H and O–H groups in total. The van der Waals surface area contributed by atoms with Gasteiger partial charge in [0.15, 0.2) is 5.82 Å². The first-order valence-corrected chi connectivity index (χ1v) is 10.1. The molecule has 0 bridgehead atoms. The number of carbonyl (C=O) groups excluding carboxylic acids is 1. The second-order valence-electron chi connectivity index (χ2n) is 7.97. The molecule has 1 aliphatic heterocycles. The van der Waals surface area contributed by atoms with Crippen LogP contribution in [0.25, 0.3) is 22.4 Å². The van der Waals surface area contributed by atoms with Crippen molar-refractivity contribution in [1.29, 1.82) is 0 Å². The van der Waals surface area contributed by atoms with Crippen LogP contribution in [0.3, 0.4) is 0 Å². The number of para-hydroxylation sites is 1. The van der Waals surface area contributed by atoms with Crippen molar-refractivity contribution in [1.82, 2.24) is 19.4 Å². The van der Waals surface area contributed by atoms with Gasteiger partial charge in [0.25, 0.3) is 0 Å². The van der Waals surface area contributed by atoms with Crippen molar-refractivity contribution < 1.29 is 9.18 Å². The van der Waals surface area contributed by atoms with Gasteiger partial charge in [-0.3, -0.25) is 4.79 Å². The van der Waals surface area contributed by atoms with Crippen LogP contribution in [-0.2, 0) is 11.3 Å². The molecule has 1 atom stereocenters. The number of amides is 1. The van der Waals surface area contributed by atoms with E-state index < -0.39 is 0 Å². The second kappa shape index (κ2) is 7.00. The molecule has 3 heterocycles. The van der Waals surface area contributed by atoms with Gasteiger partial charge in [0.1, 0.15) is 17.0 Å². The van der Waals surface area contributed by atoms with Gasteiger partial charge in [0.05, 0.1) is 0 Å². The maximum atomic E-state index is 14.1. The molecule has 1 amide bonds. The minimum atomic E-state index is -0.328. The Morgan fingerprint density at radius 1 is 1.14 bits per heavy atom. The number of aromatic nitrogens is 3. The molecule has 6 heteroatoms. The van der Waals surface area contributed by atoms with Crippen LogP contribution in [0.4, 0.5) is 4.39 Å². The third kappa shape index (κ3) is 3.07. The van der Waals surface area contributed by atoms with Crippen molar-refractivity contribution in [2.45, 2.75) is 44.7 Å². The molecule has 5 nitrogen and oxygen atoms in total. The Morgan fingerprint density at radius 3 is 2.86 bits per heavy atom. The fourth-order valence-corrected chi connectivity index (χ4v) is 4.70. The Hall–Kier alpha value is -2.76. The first kappa shape index (κ1) is 17.3. The van der Waals surface area contributed by atoms with Crippen LogP contribution in [0, 0.1) is 11.7 Å². The number of fused-ring (bicyclic) bond motifs is 1. The average Bonchev–Trinajstić information content (AvgIpc) is 3.43. The zero-order valence-electron chi connectivity index (χ0n) is 15.7. The number of rotatable bonds is 4. The van der Waals surface area contributed by atoms with Gasteiger partial charge in [-0.05, 0) is 25.0 Å². The molecule has 28 heavy (non-hydrogen) atoms. The van der Waals surface area contributed by atoms with E-state index in [1.807, 2.05) is 29.0 Å². The van der Waals surface area contributed by atoms with Crippen molar-refractivity contribution in [2.24, 2.45) is 5.92 Å². The van der Waals surface area contributed by atoms with E-state index in [9.17, 15) is 9.18 Å². The van der Waals surface area contributed by atoms with Crippen LogP contribution >= 0.6 is 0 Å². The second-order valence-corrected chi connectivity index (χ2v) is 7.97. The fourth-order valence-electron chi connectivity index (χ4n) is 4.70. The lowest BCUT2D eigenvalue weighted by Gasteiger charge is -2.24. The third-order valence-electron chi connectivity index (χ3n) is 6.07. The Morgan fingerprint density at radius 2 is 2.00 bits per heavy atom. The molecule has 5 rings (SSSR count). The zero-order chi connectivity index (χ0) is 19.1. The first-order chi connectivity index (χ1) is 13.7. The summed E-state index contributed by atoms with van der Waals surface area (Å²) in [5.41, 5.74) is 1.01. The number of likely N-dealkylation sites (tertiary alicyclic amines) is 1. The molecule has 1 unspecified atom stereocenters. The van der Waals surface area contributed by atoms with Crippen LogP contribution in [0.15, 0.2) is 42.7 Å². The summed E-state index contributed by atoms with van der Waals surface area (Å²) in [6.45, 7) is 1.54. The van der Waals surface area contributed by atoms with Crippen molar-refractivity contribution in [3.63, 3.8) is 0 Å². The monoisotopic (exact) mass is 378 g/mol. The molecule has 2 aliphatic rings. The van der Waals surface area contributed by atoms with E-state index in [0.717, 1.165) is 37.1 Å². The maximum Gasteiger partial charge on any atom is 0.223 e. The normalized spacial score (nSPS) is 20.5. The summed E-state index contributed by atoms with van der Waals surface area (Å²) in [6.07, 6.45) is 9.00. The Bertz CT molecular complexity index is 1020. The summed E-state index contributed by atoms with van der Waals surface area (Å²) < 4.78 is 16.2. The summed E-state index contributed by atoms with van der Waals surface area (Å²) in [4.78, 5) is 23.6. The molecule has 0 radical (unpaired) electrons. The van der Waals surface area contributed by atoms with Crippen LogP contribution in [-0.4, -0.2) is 37.9 Å². The molecular weight excluding hydrogens is 355 g/mol. The molecule has 144 valence electrons. The maximum absolute atomic E-state index is 14.1. The first-order valence-electron chi connectivity index (χ1n) is 10.1. The summed E-state index contributed by atoms with van der Waals surface area (Å²) in [7, 11) is 0. The molecular formula is C22H23FN4O. The molecule has 3 aromatic rings. The van der Waals surface area contributed by atoms with Crippen molar-refractivity contribution in [3.8, 4) is 11.5 Å². The number of pyridine rings is 1. The molecule has 1 saturated heterocycles. The Labute approximate surface area is 163 Å². The highest BCUT2D eigenvalue weighted by Crippen LogP contribution is 2.31. The summed E-state index contributed by atoms with van der Waals surface area (Å²) in [6, 6.07) is 9.15. The quantitative estimate of drug-likeness (QED) is 0.689. The highest BCUT2D eigenvalue weighted by atomic mass is 19.1. The minimum absolute atomic E-state index is 0.276. The largest absolute Gasteiger partial charge is 0.339 e. The number of nitrogens with zero attached hydrogens (tertiary/aromatic N) is 4. The predicted molar refractivity (Wildman–Crippen MR) is 105 cm³/mol. The van der Waals surface area contributed by atoms with Gasteiger partial charge in [-0.2, -0.15) is 0 Å². The number of carbonyl (C=O) groups is 1. The fraction of sp³-hybridized carbons (Fsp3) is 0.409. The number of hydrogen-bond donors (Lipinski definition) is 0. The summed E-state index contributed by atoms with van der Waals surface area (Å²) in [5, 5.41) is 0.774. The van der Waals surface area contributed by atoms with Crippen LogP contribution in [0.2, 0.25) is 0 Å². The lowest BCUT2D eigenvalue weighted by Crippen LogP contribution is -2.34. The zero-order valence-corrected chi connectivity index (χ0v) is 15.7. The highest BCUT2D eigenvalue weighted by Gasteiger charge is 2.35. The number of hydrogen-bond acceptors (Lipinski definition) is 3. The van der Waals surface area contributed by atoms with E-state index in [1.54, 1.807) is 12.3 Å². The van der Waals surface area contributed by atoms with Gasteiger partial charge >= 0.3 is 0 Å². The molecule has 0 spiro atoms. The van der Waals surface area contributed by atoms with E-state index in [0.29, 0.717) is 23.7 Å². The summed E-state index contributed by atoms with van der Waals surface area (Å²) >= 11 is 0. The van der Waals surface area contributed by atoms with Crippen LogP contribution in [0.1, 0.15) is 32.1 Å². The molecule has 1 aromatic carbocycles. The van der Waals surface area contributed by atoms with Gasteiger partial charge in [-0.25, -0.2) is 14.4 Å². The predicted octanol–water partition coefficient (Wildman–Crippen LogP) is 4.03. The van der Waals surface area contributed by atoms with Crippen LogP contribution in [0.5, 0.6) is 0 Å². The van der Waals surface area contributed by atoms with Crippen LogP contribution < -0.4 is 0 Å². The lowest BCUT2D eigenvalue weighted by atomic mass is 10.1. The van der Waals surface area contributed by atoms with Crippen molar-refractivity contribution in [3.05, 3.63) is 48.5 Å². The van der Waals surface area contributed by atoms with Crippen molar-refractivity contribution >= 4 is 16.8 Å². The van der Waals surface area contributed by atoms with Gasteiger partial charge < -0.3 is 9.47 Å². The topological polar surface area (TPSA) is 51.0 Å². The van der Waals surface area contributed by atoms with E-state index in [4.69, 9.17) is 0 Å². The Kier molecular flexibility index (Phi) is 4.34. The molecule has 2 aromatic heterocycles. The SMILES string of the molecule is O=C1CC(Cn2ccnc2-c2ccc3cccc(F)c3n2)CN1C1CCCC1. The van der Waals surface area contributed by atoms with Crippen molar-refractivity contribution in [2.75, 3.05) is 6.54 Å². The van der Waals surface area contributed by atoms with Gasteiger partial charge in [-0.1, -0.05) is 31.0 Å². The van der Waals surface area contributed by atoms with E-state index in [-0.39, 0.29) is 17.6 Å². The number of benzene rings is 1. The third-order valence-corrected chi connectivity index (χ3v) is 6.07. The van der Waals surface area contributed by atoms with E-state index in [2.05, 4.69) is 14.9 Å². The van der Waals surface area contributed by atoms with Gasteiger partial charge in [0.2, 0.25) is 5.91 Å². The smallest absolute Gasteiger partial charge is 0.223 e. The lowest BCUT2D eigenvalue weighted by molar-refractivity contribution is -0.129. The van der Waals surface area contributed by atoms with E-state index in [1.165, 1.54) is 18.9 Å². The summed E-state index contributed by atoms with van der Waals surface area (Å²) in [5.74, 6) is 0.950. The Balaban J connectivity index is 1.38. The average molecular weight is 378 g/mol. The number of halogens is 1. The molecule has 2 fully saturated rings. The van der Waals surface area contributed by atoms with Gasteiger partial charge in [0, 0.05) is 49.2 Å². The minimum Gasteiger partial charge on any atom is -0.339 e. The highest BCUT2D eigenvalue weighted by molar-refractivity contribution is 5.81.